The molecule has 0 fully saturated rings. The maximum atomic E-state index is 12.2. The number of benzene rings is 1. The molecule has 1 atom stereocenters. The Morgan fingerprint density at radius 1 is 1.27 bits per heavy atom. The van der Waals surface area contributed by atoms with E-state index >= 15 is 0 Å². The smallest absolute Gasteiger partial charge is 0.338 e. The molecule has 2 N–H and O–H groups in total. The van der Waals surface area contributed by atoms with Gasteiger partial charge in [-0.15, -0.1) is 0 Å². The van der Waals surface area contributed by atoms with E-state index in [-0.39, 0.29) is 11.1 Å². The topological polar surface area (TPSA) is 110 Å². The van der Waals surface area contributed by atoms with Gasteiger partial charge in [0, 0.05) is 0 Å². The van der Waals surface area contributed by atoms with Gasteiger partial charge in [0.1, 0.15) is 6.04 Å². The van der Waals surface area contributed by atoms with Crippen molar-refractivity contribution in [3.8, 4) is 0 Å². The molecule has 0 unspecified atom stereocenters. The van der Waals surface area contributed by atoms with Crippen LogP contribution in [-0.2, 0) is 25.3 Å². The molecule has 0 spiro atoms. The molecule has 0 bridgehead atoms. The van der Waals surface area contributed by atoms with E-state index in [1.807, 2.05) is 0 Å². The van der Waals surface area contributed by atoms with Crippen molar-refractivity contribution in [2.45, 2.75) is 25.6 Å². The second kappa shape index (κ2) is 7.37. The normalized spacial score (nSPS) is 12.9. The molecule has 0 amide bonds. The SMILES string of the molecule is COC(=O)c1ccccc1CS(=O)(=O)N[C@@H](C(=O)O)C(C)C. The Hall–Kier alpha value is -1.93. The first-order valence-electron chi connectivity index (χ1n) is 6.57. The first-order chi connectivity index (χ1) is 10.2. The van der Waals surface area contributed by atoms with E-state index < -0.39 is 39.7 Å². The fraction of sp³-hybridized carbons (Fsp3) is 0.429. The van der Waals surface area contributed by atoms with Crippen LogP contribution in [0.1, 0.15) is 29.8 Å². The molecule has 8 heteroatoms. The van der Waals surface area contributed by atoms with Gasteiger partial charge in [-0.05, 0) is 17.5 Å². The molecule has 22 heavy (non-hydrogen) atoms. The Labute approximate surface area is 129 Å². The van der Waals surface area contributed by atoms with Crippen LogP contribution in [0.5, 0.6) is 0 Å². The number of aliphatic carboxylic acids is 1. The van der Waals surface area contributed by atoms with Crippen molar-refractivity contribution in [1.29, 1.82) is 0 Å². The van der Waals surface area contributed by atoms with E-state index in [1.54, 1.807) is 26.0 Å². The van der Waals surface area contributed by atoms with Crippen molar-refractivity contribution in [2.75, 3.05) is 7.11 Å². The van der Waals surface area contributed by atoms with Crippen LogP contribution >= 0.6 is 0 Å². The number of ether oxygens (including phenoxy) is 1. The average molecular weight is 329 g/mol. The minimum absolute atomic E-state index is 0.131. The number of hydrogen-bond acceptors (Lipinski definition) is 5. The highest BCUT2D eigenvalue weighted by Gasteiger charge is 2.28. The number of rotatable bonds is 7. The lowest BCUT2D eigenvalue weighted by Crippen LogP contribution is -2.44. The van der Waals surface area contributed by atoms with Gasteiger partial charge in [0.2, 0.25) is 10.0 Å². The van der Waals surface area contributed by atoms with Gasteiger partial charge in [0.15, 0.2) is 0 Å². The third kappa shape index (κ3) is 4.81. The van der Waals surface area contributed by atoms with E-state index in [0.717, 1.165) is 0 Å². The number of nitrogens with one attached hydrogen (secondary N) is 1. The summed E-state index contributed by atoms with van der Waals surface area (Å²) < 4.78 is 31.1. The summed E-state index contributed by atoms with van der Waals surface area (Å²) in [6.07, 6.45) is 0. The zero-order valence-electron chi connectivity index (χ0n) is 12.6. The molecule has 0 aliphatic heterocycles. The van der Waals surface area contributed by atoms with Crippen LogP contribution in [0.15, 0.2) is 24.3 Å². The first kappa shape index (κ1) is 18.1. The number of methoxy groups -OCH3 is 1. The van der Waals surface area contributed by atoms with Gasteiger partial charge in [0.25, 0.3) is 0 Å². The zero-order valence-corrected chi connectivity index (χ0v) is 13.4. The monoisotopic (exact) mass is 329 g/mol. The van der Waals surface area contributed by atoms with Crippen LogP contribution in [0.4, 0.5) is 0 Å². The summed E-state index contributed by atoms with van der Waals surface area (Å²) in [6.45, 7) is 3.20. The number of carboxylic acid groups (broad SMARTS) is 1. The molecular weight excluding hydrogens is 310 g/mol. The summed E-state index contributed by atoms with van der Waals surface area (Å²) in [5, 5.41) is 9.05. The third-order valence-corrected chi connectivity index (χ3v) is 4.31. The molecule has 0 aliphatic rings. The van der Waals surface area contributed by atoms with Crippen molar-refractivity contribution in [3.63, 3.8) is 0 Å². The van der Waals surface area contributed by atoms with Crippen LogP contribution in [-0.4, -0.2) is 38.6 Å². The Morgan fingerprint density at radius 2 is 1.86 bits per heavy atom. The maximum Gasteiger partial charge on any atom is 0.338 e. The highest BCUT2D eigenvalue weighted by molar-refractivity contribution is 7.88. The van der Waals surface area contributed by atoms with Crippen LogP contribution < -0.4 is 4.72 Å². The fourth-order valence-corrected chi connectivity index (χ4v) is 3.37. The third-order valence-electron chi connectivity index (χ3n) is 3.01. The van der Waals surface area contributed by atoms with Crippen molar-refractivity contribution in [2.24, 2.45) is 5.92 Å². The van der Waals surface area contributed by atoms with Gasteiger partial charge < -0.3 is 9.84 Å². The van der Waals surface area contributed by atoms with Crippen molar-refractivity contribution < 1.29 is 27.9 Å². The first-order valence-corrected chi connectivity index (χ1v) is 8.22. The van der Waals surface area contributed by atoms with E-state index in [4.69, 9.17) is 5.11 Å². The number of carbonyl (C=O) groups is 2. The van der Waals surface area contributed by atoms with Crippen molar-refractivity contribution in [3.05, 3.63) is 35.4 Å². The number of sulfonamides is 1. The van der Waals surface area contributed by atoms with Crippen LogP contribution in [0.3, 0.4) is 0 Å². The highest BCUT2D eigenvalue weighted by Crippen LogP contribution is 2.14. The largest absolute Gasteiger partial charge is 0.480 e. The van der Waals surface area contributed by atoms with E-state index in [0.29, 0.717) is 0 Å². The number of esters is 1. The maximum absolute atomic E-state index is 12.2. The Balaban J connectivity index is 3.03. The molecule has 0 aliphatic carbocycles. The molecule has 7 nitrogen and oxygen atoms in total. The minimum Gasteiger partial charge on any atom is -0.480 e. The Kier molecular flexibility index (Phi) is 6.07. The van der Waals surface area contributed by atoms with Crippen LogP contribution in [0.2, 0.25) is 0 Å². The zero-order chi connectivity index (χ0) is 16.9. The van der Waals surface area contributed by atoms with Crippen molar-refractivity contribution >= 4 is 22.0 Å². The van der Waals surface area contributed by atoms with Crippen molar-refractivity contribution in [1.82, 2.24) is 4.72 Å². The Morgan fingerprint density at radius 3 is 2.36 bits per heavy atom. The molecule has 0 radical (unpaired) electrons. The van der Waals surface area contributed by atoms with Gasteiger partial charge in [-0.1, -0.05) is 32.0 Å². The van der Waals surface area contributed by atoms with Gasteiger partial charge in [-0.2, -0.15) is 0 Å². The number of hydrogen-bond donors (Lipinski definition) is 2. The summed E-state index contributed by atoms with van der Waals surface area (Å²) in [4.78, 5) is 22.7. The standard InChI is InChI=1S/C14H19NO6S/c1-9(2)12(13(16)17)15-22(19,20)8-10-6-4-5-7-11(10)14(18)21-3/h4-7,9,12,15H,8H2,1-3H3,(H,16,17)/t12-/m1/s1. The van der Waals surface area contributed by atoms with E-state index in [9.17, 15) is 18.0 Å². The lowest BCUT2D eigenvalue weighted by molar-refractivity contribution is -0.140. The number of carboxylic acids is 1. The summed E-state index contributed by atoms with van der Waals surface area (Å²) in [7, 11) is -2.73. The molecule has 0 saturated carbocycles. The summed E-state index contributed by atoms with van der Waals surface area (Å²) in [5.74, 6) is -2.82. The molecular formula is C14H19NO6S. The highest BCUT2D eigenvalue weighted by atomic mass is 32.2. The fourth-order valence-electron chi connectivity index (χ4n) is 1.87. The average Bonchev–Trinajstić information content (AvgIpc) is 2.43. The Bertz CT molecular complexity index is 653. The van der Waals surface area contributed by atoms with Gasteiger partial charge in [0.05, 0.1) is 18.4 Å². The minimum atomic E-state index is -3.93. The second-order valence-corrected chi connectivity index (χ2v) is 6.84. The quantitative estimate of drug-likeness (QED) is 0.722. The van der Waals surface area contributed by atoms with Gasteiger partial charge in [-0.25, -0.2) is 17.9 Å². The van der Waals surface area contributed by atoms with Gasteiger partial charge in [-0.3, -0.25) is 4.79 Å². The number of carbonyl (C=O) groups excluding carboxylic acids is 1. The van der Waals surface area contributed by atoms with Gasteiger partial charge >= 0.3 is 11.9 Å². The predicted molar refractivity (Wildman–Crippen MR) is 79.8 cm³/mol. The summed E-state index contributed by atoms with van der Waals surface area (Å²) in [6, 6.07) is 4.89. The van der Waals surface area contributed by atoms with Crippen LogP contribution in [0, 0.1) is 5.92 Å². The summed E-state index contributed by atoms with van der Waals surface area (Å²) in [5.41, 5.74) is 0.376. The van der Waals surface area contributed by atoms with E-state index in [2.05, 4.69) is 9.46 Å². The molecule has 0 aromatic heterocycles. The second-order valence-electron chi connectivity index (χ2n) is 5.09. The molecule has 0 heterocycles. The molecule has 1 rings (SSSR count). The van der Waals surface area contributed by atoms with E-state index in [1.165, 1.54) is 19.2 Å². The molecule has 1 aromatic carbocycles. The molecule has 0 saturated heterocycles. The van der Waals surface area contributed by atoms with Crippen LogP contribution in [0.25, 0.3) is 0 Å². The lowest BCUT2D eigenvalue weighted by Gasteiger charge is -2.18. The summed E-state index contributed by atoms with van der Waals surface area (Å²) >= 11 is 0. The lowest BCUT2D eigenvalue weighted by atomic mass is 10.1. The molecule has 122 valence electrons. The molecule has 1 aromatic rings. The predicted octanol–water partition coefficient (Wildman–Crippen LogP) is 1.00.